The van der Waals surface area contributed by atoms with Gasteiger partial charge in [-0.2, -0.15) is 0 Å². The molecule has 0 spiro atoms. The molecule has 1 amide bonds. The number of nitrogens with zero attached hydrogens (tertiary/aromatic N) is 2. The Bertz CT molecular complexity index is 477. The van der Waals surface area contributed by atoms with Crippen molar-refractivity contribution in [3.63, 3.8) is 0 Å². The van der Waals surface area contributed by atoms with Crippen LogP contribution in [0, 0.1) is 0 Å². The Labute approximate surface area is 104 Å². The highest BCUT2D eigenvalue weighted by Gasteiger charge is 2.31. The lowest BCUT2D eigenvalue weighted by molar-refractivity contribution is -0.138. The van der Waals surface area contributed by atoms with E-state index in [1.165, 1.54) is 6.20 Å². The van der Waals surface area contributed by atoms with Crippen molar-refractivity contribution >= 4 is 17.7 Å². The Kier molecular flexibility index (Phi) is 3.42. The summed E-state index contributed by atoms with van der Waals surface area (Å²) in [6.45, 7) is 1.41. The highest BCUT2D eigenvalue weighted by Crippen LogP contribution is 2.20. The standard InChI is InChI=1S/C11H14N4O3/c12-9(16)7-2-1-3-14-10(7)15-5-4-13-6-8(15)11(17)18/h1-3,8,13H,4-6H2,(H2,12,16)(H,17,18). The summed E-state index contributed by atoms with van der Waals surface area (Å²) in [5.41, 5.74) is 5.52. The second-order valence-corrected chi connectivity index (χ2v) is 3.99. The minimum atomic E-state index is -0.955. The van der Waals surface area contributed by atoms with Crippen LogP contribution in [0.3, 0.4) is 0 Å². The number of carbonyl (C=O) groups excluding carboxylic acids is 1. The van der Waals surface area contributed by atoms with Crippen molar-refractivity contribution in [3.05, 3.63) is 23.9 Å². The fourth-order valence-corrected chi connectivity index (χ4v) is 2.00. The number of aromatic nitrogens is 1. The largest absolute Gasteiger partial charge is 0.480 e. The number of carboxylic acid groups (broad SMARTS) is 1. The highest BCUT2D eigenvalue weighted by molar-refractivity contribution is 5.98. The fraction of sp³-hybridized carbons (Fsp3) is 0.364. The number of aliphatic carboxylic acids is 1. The number of amides is 1. The molecule has 7 nitrogen and oxygen atoms in total. The molecule has 0 aliphatic carbocycles. The summed E-state index contributed by atoms with van der Waals surface area (Å²) < 4.78 is 0. The van der Waals surface area contributed by atoms with Crippen LogP contribution < -0.4 is 16.0 Å². The summed E-state index contributed by atoms with van der Waals surface area (Å²) in [5, 5.41) is 12.2. The summed E-state index contributed by atoms with van der Waals surface area (Å²) in [5.74, 6) is -1.23. The van der Waals surface area contributed by atoms with E-state index in [4.69, 9.17) is 5.73 Å². The summed E-state index contributed by atoms with van der Waals surface area (Å²) in [6, 6.07) is 2.40. The van der Waals surface area contributed by atoms with Crippen molar-refractivity contribution in [2.24, 2.45) is 5.73 Å². The number of piperazine rings is 1. The van der Waals surface area contributed by atoms with Gasteiger partial charge in [-0.15, -0.1) is 0 Å². The van der Waals surface area contributed by atoms with Crippen molar-refractivity contribution in [3.8, 4) is 0 Å². The van der Waals surface area contributed by atoms with E-state index >= 15 is 0 Å². The molecule has 1 aliphatic rings. The lowest BCUT2D eigenvalue weighted by atomic mass is 10.1. The predicted octanol–water partition coefficient (Wildman–Crippen LogP) is -0.957. The number of anilines is 1. The summed E-state index contributed by atoms with van der Waals surface area (Å²) in [6.07, 6.45) is 1.52. The fourth-order valence-electron chi connectivity index (χ4n) is 2.00. The van der Waals surface area contributed by atoms with Crippen LogP contribution in [0.5, 0.6) is 0 Å². The number of nitrogens with one attached hydrogen (secondary N) is 1. The zero-order valence-corrected chi connectivity index (χ0v) is 9.67. The van der Waals surface area contributed by atoms with Gasteiger partial charge in [0.1, 0.15) is 11.9 Å². The first-order valence-electron chi connectivity index (χ1n) is 5.56. The Morgan fingerprint density at radius 1 is 1.56 bits per heavy atom. The molecule has 1 aliphatic heterocycles. The normalized spacial score (nSPS) is 19.6. The highest BCUT2D eigenvalue weighted by atomic mass is 16.4. The second-order valence-electron chi connectivity index (χ2n) is 3.99. The van der Waals surface area contributed by atoms with E-state index in [1.54, 1.807) is 17.0 Å². The smallest absolute Gasteiger partial charge is 0.327 e. The van der Waals surface area contributed by atoms with Crippen molar-refractivity contribution in [2.75, 3.05) is 24.5 Å². The first kappa shape index (κ1) is 12.3. The topological polar surface area (TPSA) is 109 Å². The SMILES string of the molecule is NC(=O)c1cccnc1N1CCNCC1C(=O)O. The lowest BCUT2D eigenvalue weighted by Crippen LogP contribution is -2.55. The molecule has 2 rings (SSSR count). The minimum absolute atomic E-state index is 0.241. The van der Waals surface area contributed by atoms with E-state index in [0.717, 1.165) is 0 Å². The molecule has 7 heteroatoms. The number of nitrogens with two attached hydrogens (primary N) is 1. The van der Waals surface area contributed by atoms with Gasteiger partial charge in [-0.3, -0.25) is 4.79 Å². The van der Waals surface area contributed by atoms with Gasteiger partial charge in [0, 0.05) is 25.8 Å². The van der Waals surface area contributed by atoms with Gasteiger partial charge in [0.05, 0.1) is 5.56 Å². The zero-order valence-electron chi connectivity index (χ0n) is 9.67. The number of hydrogen-bond donors (Lipinski definition) is 3. The maximum absolute atomic E-state index is 11.3. The predicted molar refractivity (Wildman–Crippen MR) is 64.4 cm³/mol. The molecule has 1 fully saturated rings. The molecule has 1 saturated heterocycles. The lowest BCUT2D eigenvalue weighted by Gasteiger charge is -2.35. The van der Waals surface area contributed by atoms with Gasteiger partial charge < -0.3 is 21.1 Å². The molecular formula is C11H14N4O3. The minimum Gasteiger partial charge on any atom is -0.480 e. The molecule has 18 heavy (non-hydrogen) atoms. The first-order valence-corrected chi connectivity index (χ1v) is 5.56. The second kappa shape index (κ2) is 5.01. The number of carbonyl (C=O) groups is 2. The van der Waals surface area contributed by atoms with Crippen LogP contribution in [-0.4, -0.2) is 47.6 Å². The summed E-state index contributed by atoms with van der Waals surface area (Å²) in [4.78, 5) is 28.2. The average Bonchev–Trinajstić information content (AvgIpc) is 2.38. The van der Waals surface area contributed by atoms with E-state index in [0.29, 0.717) is 25.5 Å². The number of primary amides is 1. The Balaban J connectivity index is 2.39. The van der Waals surface area contributed by atoms with Gasteiger partial charge in [-0.05, 0) is 12.1 Å². The number of hydrogen-bond acceptors (Lipinski definition) is 5. The van der Waals surface area contributed by atoms with Crippen LogP contribution in [0.1, 0.15) is 10.4 Å². The summed E-state index contributed by atoms with van der Waals surface area (Å²) >= 11 is 0. The van der Waals surface area contributed by atoms with Crippen LogP contribution in [0.25, 0.3) is 0 Å². The van der Waals surface area contributed by atoms with Crippen LogP contribution in [0.4, 0.5) is 5.82 Å². The molecule has 1 atom stereocenters. The zero-order chi connectivity index (χ0) is 13.1. The van der Waals surface area contributed by atoms with Crippen molar-refractivity contribution in [2.45, 2.75) is 6.04 Å². The van der Waals surface area contributed by atoms with Gasteiger partial charge in [0.25, 0.3) is 5.91 Å². The van der Waals surface area contributed by atoms with Crippen LogP contribution in [0.15, 0.2) is 18.3 Å². The van der Waals surface area contributed by atoms with Crippen molar-refractivity contribution in [1.29, 1.82) is 0 Å². The molecule has 0 bridgehead atoms. The average molecular weight is 250 g/mol. The van der Waals surface area contributed by atoms with E-state index in [2.05, 4.69) is 10.3 Å². The van der Waals surface area contributed by atoms with E-state index in [1.807, 2.05) is 0 Å². The molecule has 0 aromatic carbocycles. The quantitative estimate of drug-likeness (QED) is 0.637. The van der Waals surface area contributed by atoms with E-state index < -0.39 is 17.9 Å². The molecule has 1 aromatic heterocycles. The Hall–Kier alpha value is -2.15. The molecule has 1 aromatic rings. The molecule has 2 heterocycles. The number of carboxylic acids is 1. The third kappa shape index (κ3) is 2.25. The molecule has 4 N–H and O–H groups in total. The van der Waals surface area contributed by atoms with E-state index in [-0.39, 0.29) is 5.56 Å². The maximum Gasteiger partial charge on any atom is 0.327 e. The van der Waals surface area contributed by atoms with Gasteiger partial charge in [-0.25, -0.2) is 9.78 Å². The van der Waals surface area contributed by atoms with E-state index in [9.17, 15) is 14.7 Å². The van der Waals surface area contributed by atoms with Gasteiger partial charge >= 0.3 is 5.97 Å². The number of pyridine rings is 1. The van der Waals surface area contributed by atoms with Crippen molar-refractivity contribution in [1.82, 2.24) is 10.3 Å². The van der Waals surface area contributed by atoms with Crippen molar-refractivity contribution < 1.29 is 14.7 Å². The van der Waals surface area contributed by atoms with Crippen LogP contribution in [0.2, 0.25) is 0 Å². The third-order valence-corrected chi connectivity index (χ3v) is 2.85. The van der Waals surface area contributed by atoms with Gasteiger partial charge in [0.2, 0.25) is 0 Å². The van der Waals surface area contributed by atoms with Crippen LogP contribution in [-0.2, 0) is 4.79 Å². The summed E-state index contributed by atoms with van der Waals surface area (Å²) in [7, 11) is 0. The molecule has 96 valence electrons. The maximum atomic E-state index is 11.3. The molecule has 1 unspecified atom stereocenters. The third-order valence-electron chi connectivity index (χ3n) is 2.85. The van der Waals surface area contributed by atoms with Crippen LogP contribution >= 0.6 is 0 Å². The first-order chi connectivity index (χ1) is 8.61. The molecular weight excluding hydrogens is 236 g/mol. The molecule has 0 saturated carbocycles. The van der Waals surface area contributed by atoms with Gasteiger partial charge in [-0.1, -0.05) is 0 Å². The monoisotopic (exact) mass is 250 g/mol. The molecule has 0 radical (unpaired) electrons. The Morgan fingerprint density at radius 2 is 2.33 bits per heavy atom. The number of rotatable bonds is 3. The van der Waals surface area contributed by atoms with Gasteiger partial charge in [0.15, 0.2) is 0 Å². The Morgan fingerprint density at radius 3 is 3.00 bits per heavy atom.